The van der Waals surface area contributed by atoms with Gasteiger partial charge in [0.2, 0.25) is 6.79 Å². The lowest BCUT2D eigenvalue weighted by atomic mass is 9.99. The molecule has 1 amide bonds. The number of carbonyl (C=O) groups is 3. The van der Waals surface area contributed by atoms with E-state index >= 15 is 0 Å². The van der Waals surface area contributed by atoms with Crippen molar-refractivity contribution in [2.45, 2.75) is 63.9 Å². The summed E-state index contributed by atoms with van der Waals surface area (Å²) in [5.74, 6) is -0.993. The standard InChI is InChI=1S/C27H34N2O9/c1-17-24(38-19-10-6-5-7-11-19)21(33-3)13-9-8-12-20(27(32)37-17)29-26(31)23-25(36-16-35-18(2)30)22(34-4)14-15-28-23/h5-7,10-11,14-15,17,20-21,24H,8-9,12-13,16H2,1-4H3,(H,29,31)/t17-,20-,21-,24-/m0/s1. The van der Waals surface area contributed by atoms with Crippen molar-refractivity contribution in [2.75, 3.05) is 21.0 Å². The number of nitrogens with one attached hydrogen (secondary N) is 1. The summed E-state index contributed by atoms with van der Waals surface area (Å²) in [7, 11) is 3.01. The Morgan fingerprint density at radius 2 is 1.84 bits per heavy atom. The maximum Gasteiger partial charge on any atom is 0.329 e. The van der Waals surface area contributed by atoms with Crippen LogP contribution in [0.4, 0.5) is 0 Å². The molecule has 2 aromatic rings. The van der Waals surface area contributed by atoms with Crippen molar-refractivity contribution in [3.05, 3.63) is 48.3 Å². The van der Waals surface area contributed by atoms with Gasteiger partial charge in [0.05, 0.1) is 13.2 Å². The Morgan fingerprint density at radius 3 is 2.53 bits per heavy atom. The molecule has 206 valence electrons. The Hall–Kier alpha value is -3.86. The van der Waals surface area contributed by atoms with Crippen molar-refractivity contribution in [3.8, 4) is 17.2 Å². The number of carbonyl (C=O) groups excluding carboxylic acids is 3. The van der Waals surface area contributed by atoms with Crippen LogP contribution in [0.2, 0.25) is 0 Å². The predicted octanol–water partition coefficient (Wildman–Crippen LogP) is 3.06. The second-order valence-electron chi connectivity index (χ2n) is 8.71. The smallest absolute Gasteiger partial charge is 0.329 e. The van der Waals surface area contributed by atoms with E-state index in [0.29, 0.717) is 25.0 Å². The van der Waals surface area contributed by atoms with Gasteiger partial charge in [-0.2, -0.15) is 0 Å². The molecule has 1 aliphatic heterocycles. The van der Waals surface area contributed by atoms with E-state index < -0.39 is 42.9 Å². The minimum absolute atomic E-state index is 0.0189. The number of pyridine rings is 1. The summed E-state index contributed by atoms with van der Waals surface area (Å²) >= 11 is 0. The Morgan fingerprint density at radius 1 is 1.11 bits per heavy atom. The molecule has 0 saturated carbocycles. The third-order valence-electron chi connectivity index (χ3n) is 6.04. The number of nitrogens with zero attached hydrogens (tertiary/aromatic N) is 1. The van der Waals surface area contributed by atoms with E-state index in [1.807, 2.05) is 30.3 Å². The van der Waals surface area contributed by atoms with Gasteiger partial charge in [-0.15, -0.1) is 0 Å². The lowest BCUT2D eigenvalue weighted by Crippen LogP contribution is -2.49. The highest BCUT2D eigenvalue weighted by atomic mass is 16.7. The predicted molar refractivity (Wildman–Crippen MR) is 135 cm³/mol. The van der Waals surface area contributed by atoms with E-state index in [-0.39, 0.29) is 23.3 Å². The molecule has 1 aromatic carbocycles. The van der Waals surface area contributed by atoms with Crippen LogP contribution >= 0.6 is 0 Å². The third-order valence-corrected chi connectivity index (χ3v) is 6.04. The number of ether oxygens (including phenoxy) is 6. The van der Waals surface area contributed by atoms with Gasteiger partial charge in [0.1, 0.15) is 17.9 Å². The first kappa shape index (κ1) is 28.7. The maximum absolute atomic E-state index is 13.2. The zero-order valence-electron chi connectivity index (χ0n) is 22.0. The molecule has 0 radical (unpaired) electrons. The first-order valence-electron chi connectivity index (χ1n) is 12.4. The molecular formula is C27H34N2O9. The molecule has 0 aliphatic carbocycles. The minimum atomic E-state index is -0.934. The third kappa shape index (κ3) is 7.82. The van der Waals surface area contributed by atoms with Crippen LogP contribution in [-0.4, -0.2) is 68.2 Å². The number of cyclic esters (lactones) is 1. The molecule has 38 heavy (non-hydrogen) atoms. The van der Waals surface area contributed by atoms with Crippen LogP contribution in [0.5, 0.6) is 17.2 Å². The van der Waals surface area contributed by atoms with Crippen LogP contribution < -0.4 is 19.5 Å². The summed E-state index contributed by atoms with van der Waals surface area (Å²) in [4.78, 5) is 41.6. The Bertz CT molecular complexity index is 1080. The molecule has 1 fully saturated rings. The zero-order valence-corrected chi connectivity index (χ0v) is 22.0. The molecule has 1 N–H and O–H groups in total. The molecule has 2 heterocycles. The summed E-state index contributed by atoms with van der Waals surface area (Å²) in [6.07, 6.45) is 2.28. The second-order valence-corrected chi connectivity index (χ2v) is 8.71. The number of aromatic nitrogens is 1. The molecule has 1 aliphatic rings. The van der Waals surface area contributed by atoms with Gasteiger partial charge in [-0.25, -0.2) is 9.78 Å². The number of benzene rings is 1. The molecule has 1 saturated heterocycles. The van der Waals surface area contributed by atoms with Gasteiger partial charge < -0.3 is 33.7 Å². The lowest BCUT2D eigenvalue weighted by Gasteiger charge is -2.33. The highest BCUT2D eigenvalue weighted by molar-refractivity contribution is 5.98. The summed E-state index contributed by atoms with van der Waals surface area (Å²) in [5, 5.41) is 2.71. The maximum atomic E-state index is 13.2. The van der Waals surface area contributed by atoms with Crippen LogP contribution in [0.1, 0.15) is 50.0 Å². The number of amides is 1. The number of methoxy groups -OCH3 is 2. The Labute approximate surface area is 221 Å². The summed E-state index contributed by atoms with van der Waals surface area (Å²) < 4.78 is 33.2. The topological polar surface area (TPSA) is 132 Å². The largest absolute Gasteiger partial charge is 0.493 e. The summed E-state index contributed by atoms with van der Waals surface area (Å²) in [5.41, 5.74) is -0.126. The van der Waals surface area contributed by atoms with E-state index in [1.165, 1.54) is 26.3 Å². The monoisotopic (exact) mass is 530 g/mol. The van der Waals surface area contributed by atoms with Gasteiger partial charge in [-0.1, -0.05) is 31.0 Å². The molecule has 11 heteroatoms. The number of para-hydroxylation sites is 1. The lowest BCUT2D eigenvalue weighted by molar-refractivity contribution is -0.160. The molecule has 3 rings (SSSR count). The molecule has 0 spiro atoms. The quantitative estimate of drug-likeness (QED) is 0.381. The van der Waals surface area contributed by atoms with E-state index in [1.54, 1.807) is 14.0 Å². The SMILES string of the molecule is COc1ccnc(C(=O)N[C@H]2CCCC[C@H](OC)[C@@H](Oc3ccccc3)[C@H](C)OC2=O)c1OCOC(C)=O. The van der Waals surface area contributed by atoms with Gasteiger partial charge in [0.25, 0.3) is 5.91 Å². The van der Waals surface area contributed by atoms with E-state index in [0.717, 1.165) is 6.42 Å². The Balaban J connectivity index is 1.76. The fourth-order valence-electron chi connectivity index (χ4n) is 4.11. The fraction of sp³-hybridized carbons (Fsp3) is 0.481. The first-order valence-corrected chi connectivity index (χ1v) is 12.4. The van der Waals surface area contributed by atoms with Gasteiger partial charge in [-0.05, 0) is 31.9 Å². The van der Waals surface area contributed by atoms with Crippen molar-refractivity contribution in [1.29, 1.82) is 0 Å². The minimum Gasteiger partial charge on any atom is -0.493 e. The van der Waals surface area contributed by atoms with Crippen LogP contribution in [0, 0.1) is 0 Å². The van der Waals surface area contributed by atoms with Gasteiger partial charge in [-0.3, -0.25) is 9.59 Å². The average molecular weight is 531 g/mol. The van der Waals surface area contributed by atoms with Gasteiger partial charge >= 0.3 is 11.9 Å². The molecule has 11 nitrogen and oxygen atoms in total. The van der Waals surface area contributed by atoms with Crippen molar-refractivity contribution in [2.24, 2.45) is 0 Å². The highest BCUT2D eigenvalue weighted by Gasteiger charge is 2.35. The van der Waals surface area contributed by atoms with Crippen molar-refractivity contribution in [1.82, 2.24) is 10.3 Å². The number of hydrogen-bond acceptors (Lipinski definition) is 10. The van der Waals surface area contributed by atoms with Crippen LogP contribution in [-0.2, 0) is 23.8 Å². The molecule has 1 aromatic heterocycles. The van der Waals surface area contributed by atoms with E-state index in [9.17, 15) is 14.4 Å². The van der Waals surface area contributed by atoms with Crippen molar-refractivity contribution >= 4 is 17.8 Å². The number of hydrogen-bond donors (Lipinski definition) is 1. The van der Waals surface area contributed by atoms with E-state index in [4.69, 9.17) is 28.4 Å². The average Bonchev–Trinajstić information content (AvgIpc) is 2.91. The van der Waals surface area contributed by atoms with Gasteiger partial charge in [0, 0.05) is 26.3 Å². The second kappa shape index (κ2) is 14.2. The molecule has 4 atom stereocenters. The van der Waals surface area contributed by atoms with Crippen LogP contribution in [0.15, 0.2) is 42.6 Å². The molecular weight excluding hydrogens is 496 g/mol. The van der Waals surface area contributed by atoms with E-state index in [2.05, 4.69) is 10.3 Å². The molecule has 0 unspecified atom stereocenters. The summed E-state index contributed by atoms with van der Waals surface area (Å²) in [6, 6.07) is 9.81. The number of rotatable bonds is 9. The highest BCUT2D eigenvalue weighted by Crippen LogP contribution is 2.30. The van der Waals surface area contributed by atoms with Crippen LogP contribution in [0.25, 0.3) is 0 Å². The number of esters is 2. The summed E-state index contributed by atoms with van der Waals surface area (Å²) in [6.45, 7) is 2.53. The normalized spacial score (nSPS) is 21.9. The van der Waals surface area contributed by atoms with Gasteiger partial charge in [0.15, 0.2) is 23.3 Å². The van der Waals surface area contributed by atoms with Crippen molar-refractivity contribution in [3.63, 3.8) is 0 Å². The zero-order chi connectivity index (χ0) is 27.5. The fourth-order valence-corrected chi connectivity index (χ4v) is 4.11. The van der Waals surface area contributed by atoms with Crippen molar-refractivity contribution < 1.29 is 42.8 Å². The van der Waals surface area contributed by atoms with Crippen LogP contribution in [0.3, 0.4) is 0 Å². The Kier molecular flexibility index (Phi) is 10.7. The molecule has 0 bridgehead atoms. The first-order chi connectivity index (χ1) is 18.3.